The van der Waals surface area contributed by atoms with Gasteiger partial charge in [-0.15, -0.1) is 0 Å². The van der Waals surface area contributed by atoms with Crippen molar-refractivity contribution in [3.8, 4) is 34.2 Å². The molecular weight excluding hydrogens is 490 g/mol. The molecule has 1 N–H and O–H groups in total. The summed E-state index contributed by atoms with van der Waals surface area (Å²) < 4.78 is 5.29. The van der Waals surface area contributed by atoms with Crippen LogP contribution in [0.1, 0.15) is 18.1 Å². The highest BCUT2D eigenvalue weighted by Gasteiger charge is 2.21. The third-order valence-electron chi connectivity index (χ3n) is 5.60. The van der Waals surface area contributed by atoms with Crippen molar-refractivity contribution in [1.82, 2.24) is 4.98 Å². The molecule has 7 heteroatoms. The Balaban J connectivity index is 1.74. The monoisotopic (exact) mass is 513 g/mol. The number of amides is 1. The Labute approximate surface area is 220 Å². The highest BCUT2D eigenvalue weighted by atomic mass is 35.5. The minimum Gasteiger partial charge on any atom is -0.497 e. The molecule has 1 atom stereocenters. The molecule has 0 aliphatic heterocycles. The van der Waals surface area contributed by atoms with Crippen LogP contribution in [-0.4, -0.2) is 23.3 Å². The van der Waals surface area contributed by atoms with E-state index in [9.17, 15) is 10.1 Å². The van der Waals surface area contributed by atoms with Gasteiger partial charge in [0.15, 0.2) is 0 Å². The van der Waals surface area contributed by atoms with Gasteiger partial charge in [0, 0.05) is 21.8 Å². The lowest BCUT2D eigenvalue weighted by molar-refractivity contribution is -0.115. The van der Waals surface area contributed by atoms with Crippen LogP contribution < -0.4 is 10.1 Å². The summed E-state index contributed by atoms with van der Waals surface area (Å²) in [6, 6.07) is 26.8. The maximum Gasteiger partial charge on any atom is 0.237 e. The number of pyridine rings is 1. The van der Waals surface area contributed by atoms with Gasteiger partial charge in [-0.1, -0.05) is 71.4 Å². The van der Waals surface area contributed by atoms with E-state index >= 15 is 0 Å². The van der Waals surface area contributed by atoms with Gasteiger partial charge in [0.1, 0.15) is 16.8 Å². The van der Waals surface area contributed by atoms with Crippen LogP contribution in [0.25, 0.3) is 22.4 Å². The Bertz CT molecular complexity index is 1430. The topological polar surface area (TPSA) is 75.0 Å². The molecule has 0 aliphatic rings. The number of benzene rings is 3. The molecule has 0 bridgehead atoms. The smallest absolute Gasteiger partial charge is 0.237 e. The van der Waals surface area contributed by atoms with Crippen molar-refractivity contribution < 1.29 is 9.53 Å². The maximum atomic E-state index is 12.9. The number of anilines is 1. The van der Waals surface area contributed by atoms with Crippen LogP contribution in [0.2, 0.25) is 5.02 Å². The second kappa shape index (κ2) is 11.3. The fourth-order valence-electron chi connectivity index (χ4n) is 3.62. The van der Waals surface area contributed by atoms with E-state index in [2.05, 4.69) is 11.4 Å². The summed E-state index contributed by atoms with van der Waals surface area (Å²) in [5.74, 6) is 0.519. The molecule has 3 aromatic carbocycles. The van der Waals surface area contributed by atoms with Crippen molar-refractivity contribution in [3.63, 3.8) is 0 Å². The van der Waals surface area contributed by atoms with Crippen LogP contribution in [0.3, 0.4) is 0 Å². The summed E-state index contributed by atoms with van der Waals surface area (Å²) in [7, 11) is 1.61. The third-order valence-corrected chi connectivity index (χ3v) is 6.92. The average Bonchev–Trinajstić information content (AvgIpc) is 2.88. The molecular formula is C29H24ClN3O2S. The lowest BCUT2D eigenvalue weighted by Gasteiger charge is -2.16. The number of carbonyl (C=O) groups is 1. The van der Waals surface area contributed by atoms with Gasteiger partial charge in [0.2, 0.25) is 5.91 Å². The van der Waals surface area contributed by atoms with Crippen LogP contribution in [-0.2, 0) is 4.79 Å². The zero-order chi connectivity index (χ0) is 25.7. The number of aryl methyl sites for hydroxylation is 1. The van der Waals surface area contributed by atoms with E-state index in [0.29, 0.717) is 21.3 Å². The fraction of sp³-hybridized carbons (Fsp3) is 0.138. The van der Waals surface area contributed by atoms with E-state index in [4.69, 9.17) is 21.3 Å². The van der Waals surface area contributed by atoms with Gasteiger partial charge >= 0.3 is 0 Å². The highest BCUT2D eigenvalue weighted by Crippen LogP contribution is 2.36. The molecule has 180 valence electrons. The van der Waals surface area contributed by atoms with E-state index in [-0.39, 0.29) is 5.91 Å². The molecule has 0 saturated heterocycles. The summed E-state index contributed by atoms with van der Waals surface area (Å²) in [6.07, 6.45) is 0. The number of halogens is 1. The Hall–Kier alpha value is -3.79. The molecule has 0 aliphatic carbocycles. The minimum absolute atomic E-state index is 0.209. The lowest BCUT2D eigenvalue weighted by Crippen LogP contribution is -2.22. The van der Waals surface area contributed by atoms with E-state index in [0.717, 1.165) is 33.7 Å². The van der Waals surface area contributed by atoms with Crippen LogP contribution in [0.4, 0.5) is 5.69 Å². The maximum absolute atomic E-state index is 12.9. The molecule has 5 nitrogen and oxygen atoms in total. The van der Waals surface area contributed by atoms with E-state index < -0.39 is 5.25 Å². The van der Waals surface area contributed by atoms with Crippen LogP contribution >= 0.6 is 23.4 Å². The molecule has 4 aromatic rings. The molecule has 1 heterocycles. The van der Waals surface area contributed by atoms with E-state index in [1.807, 2.05) is 61.5 Å². The van der Waals surface area contributed by atoms with Crippen molar-refractivity contribution >= 4 is 35.0 Å². The Morgan fingerprint density at radius 3 is 2.39 bits per heavy atom. The molecule has 1 amide bonds. The normalized spacial score (nSPS) is 11.4. The highest BCUT2D eigenvalue weighted by molar-refractivity contribution is 8.00. The summed E-state index contributed by atoms with van der Waals surface area (Å²) in [5, 5.41) is 13.5. The summed E-state index contributed by atoms with van der Waals surface area (Å²) in [4.78, 5) is 17.8. The van der Waals surface area contributed by atoms with Gasteiger partial charge in [0.25, 0.3) is 0 Å². The quantitative estimate of drug-likeness (QED) is 0.261. The Morgan fingerprint density at radius 2 is 1.75 bits per heavy atom. The number of nitrogens with one attached hydrogen (secondary N) is 1. The van der Waals surface area contributed by atoms with Crippen molar-refractivity contribution in [3.05, 3.63) is 95.0 Å². The van der Waals surface area contributed by atoms with Crippen LogP contribution in [0.5, 0.6) is 5.75 Å². The van der Waals surface area contributed by atoms with Gasteiger partial charge < -0.3 is 10.1 Å². The summed E-state index contributed by atoms with van der Waals surface area (Å²) >= 11 is 7.30. The zero-order valence-corrected chi connectivity index (χ0v) is 21.7. The summed E-state index contributed by atoms with van der Waals surface area (Å²) in [6.45, 7) is 3.82. The van der Waals surface area contributed by atoms with Gasteiger partial charge in [-0.3, -0.25) is 4.79 Å². The molecule has 0 fully saturated rings. The van der Waals surface area contributed by atoms with Gasteiger partial charge in [-0.25, -0.2) is 4.98 Å². The molecule has 36 heavy (non-hydrogen) atoms. The second-order valence-corrected chi connectivity index (χ2v) is 9.97. The predicted molar refractivity (Wildman–Crippen MR) is 147 cm³/mol. The Kier molecular flexibility index (Phi) is 7.94. The van der Waals surface area contributed by atoms with Crippen molar-refractivity contribution in [2.75, 3.05) is 12.4 Å². The number of carbonyl (C=O) groups excluding carboxylic acids is 1. The SMILES string of the molecule is COc1ccc(-c2cc(-c3ccc(C)cc3)nc(SC(C)C(=O)Nc3cccc(Cl)c3)c2C#N)cc1. The van der Waals surface area contributed by atoms with Crippen molar-refractivity contribution in [1.29, 1.82) is 5.26 Å². The van der Waals surface area contributed by atoms with Gasteiger partial charge in [-0.2, -0.15) is 5.26 Å². The number of nitriles is 1. The standard InChI is InChI=1S/C29H24ClN3O2S/c1-18-7-9-21(10-8-18)27-16-25(20-11-13-24(35-3)14-12-20)26(17-31)29(33-27)36-19(2)28(34)32-23-6-4-5-22(30)15-23/h4-16,19H,1-3H3,(H,32,34). The van der Waals surface area contributed by atoms with E-state index in [1.54, 1.807) is 38.3 Å². The fourth-order valence-corrected chi connectivity index (χ4v) is 4.73. The summed E-state index contributed by atoms with van der Waals surface area (Å²) in [5.41, 5.74) is 5.44. The molecule has 1 unspecified atom stereocenters. The number of ether oxygens (including phenoxy) is 1. The first-order valence-electron chi connectivity index (χ1n) is 11.3. The predicted octanol–water partition coefficient (Wildman–Crippen LogP) is 7.38. The number of nitrogens with zero attached hydrogens (tertiary/aromatic N) is 2. The number of rotatable bonds is 7. The lowest BCUT2D eigenvalue weighted by atomic mass is 9.99. The van der Waals surface area contributed by atoms with Gasteiger partial charge in [0.05, 0.1) is 23.6 Å². The first kappa shape index (κ1) is 25.3. The van der Waals surface area contributed by atoms with Crippen molar-refractivity contribution in [2.45, 2.75) is 24.1 Å². The average molecular weight is 514 g/mol. The van der Waals surface area contributed by atoms with Crippen LogP contribution in [0.15, 0.2) is 83.9 Å². The third kappa shape index (κ3) is 5.88. The number of hydrogen-bond acceptors (Lipinski definition) is 5. The molecule has 1 aromatic heterocycles. The molecule has 0 radical (unpaired) electrons. The van der Waals surface area contributed by atoms with Gasteiger partial charge in [-0.05, 0) is 55.8 Å². The minimum atomic E-state index is -0.513. The van der Waals surface area contributed by atoms with Crippen molar-refractivity contribution in [2.24, 2.45) is 0 Å². The number of thioether (sulfide) groups is 1. The van der Waals surface area contributed by atoms with E-state index in [1.165, 1.54) is 11.8 Å². The number of hydrogen-bond donors (Lipinski definition) is 1. The number of aromatic nitrogens is 1. The molecule has 0 saturated carbocycles. The first-order chi connectivity index (χ1) is 17.4. The largest absolute Gasteiger partial charge is 0.497 e. The molecule has 4 rings (SSSR count). The second-order valence-electron chi connectivity index (χ2n) is 8.20. The Morgan fingerprint density at radius 1 is 1.06 bits per heavy atom. The zero-order valence-electron chi connectivity index (χ0n) is 20.1. The first-order valence-corrected chi connectivity index (χ1v) is 12.5. The van der Waals surface area contributed by atoms with Crippen LogP contribution in [0, 0.1) is 18.3 Å². The number of methoxy groups -OCH3 is 1. The molecule has 0 spiro atoms.